The Labute approximate surface area is 127 Å². The predicted molar refractivity (Wildman–Crippen MR) is 79.0 cm³/mol. The number of carbonyl (C=O) groups is 1. The molecule has 0 atom stereocenters. The smallest absolute Gasteiger partial charge is 0.323 e. The van der Waals surface area contributed by atoms with Gasteiger partial charge in [-0.25, -0.2) is 4.98 Å². The van der Waals surface area contributed by atoms with E-state index in [-0.39, 0.29) is 16.7 Å². The van der Waals surface area contributed by atoms with Gasteiger partial charge in [-0.3, -0.25) is 29.6 Å². The predicted octanol–water partition coefficient (Wildman–Crippen LogP) is -0.239. The standard InChI is InChI=1S/C13H11N5O5/c19-11(20)5-18-10-4-9(17-2-1-14-6-17)8(16-23)3-7(10)15-12(21)13(18)22/h1-4,6,16,23H,5H2,(H,15,21)(H,19,20). The van der Waals surface area contributed by atoms with Crippen LogP contribution in [0.15, 0.2) is 40.4 Å². The van der Waals surface area contributed by atoms with Crippen molar-refractivity contribution in [2.75, 3.05) is 5.48 Å². The number of fused-ring (bicyclic) bond motifs is 1. The number of carboxylic acid groups (broad SMARTS) is 1. The average molecular weight is 317 g/mol. The van der Waals surface area contributed by atoms with E-state index in [2.05, 4.69) is 9.97 Å². The molecule has 0 unspecified atom stereocenters. The fourth-order valence-electron chi connectivity index (χ4n) is 2.31. The van der Waals surface area contributed by atoms with Crippen molar-refractivity contribution in [2.24, 2.45) is 0 Å². The zero-order chi connectivity index (χ0) is 16.6. The highest BCUT2D eigenvalue weighted by Gasteiger charge is 2.14. The van der Waals surface area contributed by atoms with Gasteiger partial charge in [-0.1, -0.05) is 0 Å². The highest BCUT2D eigenvalue weighted by atomic mass is 16.5. The van der Waals surface area contributed by atoms with Crippen molar-refractivity contribution in [2.45, 2.75) is 6.54 Å². The van der Waals surface area contributed by atoms with Gasteiger partial charge in [-0.2, -0.15) is 0 Å². The summed E-state index contributed by atoms with van der Waals surface area (Å²) in [5.41, 5.74) is 1.15. The molecule has 10 heteroatoms. The fourth-order valence-corrected chi connectivity index (χ4v) is 2.31. The number of anilines is 1. The number of aromatic amines is 1. The number of imidazole rings is 1. The number of nitrogens with one attached hydrogen (secondary N) is 2. The molecule has 0 aliphatic carbocycles. The van der Waals surface area contributed by atoms with Crippen LogP contribution in [0.3, 0.4) is 0 Å². The molecule has 1 aromatic carbocycles. The molecule has 0 fully saturated rings. The van der Waals surface area contributed by atoms with Crippen molar-refractivity contribution < 1.29 is 15.1 Å². The first-order valence-electron chi connectivity index (χ1n) is 6.42. The Hall–Kier alpha value is -3.40. The Morgan fingerprint density at radius 3 is 2.74 bits per heavy atom. The highest BCUT2D eigenvalue weighted by molar-refractivity contribution is 5.85. The quantitative estimate of drug-likeness (QED) is 0.384. The van der Waals surface area contributed by atoms with Crippen LogP contribution in [-0.2, 0) is 11.3 Å². The van der Waals surface area contributed by atoms with Crippen LogP contribution in [0.2, 0.25) is 0 Å². The van der Waals surface area contributed by atoms with E-state index in [4.69, 9.17) is 5.11 Å². The van der Waals surface area contributed by atoms with Crippen molar-refractivity contribution in [3.8, 4) is 5.69 Å². The monoisotopic (exact) mass is 317 g/mol. The molecule has 0 aliphatic rings. The molecular formula is C13H11N5O5. The first-order chi connectivity index (χ1) is 11.0. The van der Waals surface area contributed by atoms with Crippen LogP contribution in [0.1, 0.15) is 0 Å². The second kappa shape index (κ2) is 5.42. The minimum Gasteiger partial charge on any atom is -0.480 e. The molecule has 3 aromatic rings. The summed E-state index contributed by atoms with van der Waals surface area (Å²) in [7, 11) is 0. The van der Waals surface area contributed by atoms with Crippen molar-refractivity contribution >= 4 is 22.7 Å². The number of carboxylic acids is 1. The molecule has 3 rings (SSSR count). The normalized spacial score (nSPS) is 10.8. The Balaban J connectivity index is 2.40. The molecule has 0 aliphatic heterocycles. The summed E-state index contributed by atoms with van der Waals surface area (Å²) in [5, 5.41) is 18.2. The van der Waals surface area contributed by atoms with Crippen molar-refractivity contribution in [3.63, 3.8) is 0 Å². The summed E-state index contributed by atoms with van der Waals surface area (Å²) in [6.07, 6.45) is 4.59. The van der Waals surface area contributed by atoms with Crippen LogP contribution in [-0.4, -0.2) is 35.4 Å². The Morgan fingerprint density at radius 2 is 2.13 bits per heavy atom. The molecule has 0 radical (unpaired) electrons. The van der Waals surface area contributed by atoms with Gasteiger partial charge >= 0.3 is 17.1 Å². The zero-order valence-electron chi connectivity index (χ0n) is 11.6. The third-order valence-corrected chi connectivity index (χ3v) is 3.29. The molecule has 0 saturated carbocycles. The van der Waals surface area contributed by atoms with Crippen LogP contribution < -0.4 is 16.6 Å². The van der Waals surface area contributed by atoms with Crippen LogP contribution in [0.25, 0.3) is 16.7 Å². The molecule has 118 valence electrons. The minimum absolute atomic E-state index is 0.205. The first kappa shape index (κ1) is 14.5. The van der Waals surface area contributed by atoms with Gasteiger partial charge in [0.25, 0.3) is 0 Å². The summed E-state index contributed by atoms with van der Waals surface area (Å²) in [5.74, 6) is -1.26. The van der Waals surface area contributed by atoms with E-state index in [9.17, 15) is 19.6 Å². The van der Waals surface area contributed by atoms with Gasteiger partial charge in [0.05, 0.1) is 28.7 Å². The number of H-pyrrole nitrogens is 1. The molecule has 0 amide bonds. The molecule has 23 heavy (non-hydrogen) atoms. The third kappa shape index (κ3) is 2.46. The van der Waals surface area contributed by atoms with E-state index in [0.29, 0.717) is 5.69 Å². The SMILES string of the molecule is O=C(O)Cn1c(=O)c(=O)[nH]c2cc(NO)c(-n3ccnc3)cc21. The lowest BCUT2D eigenvalue weighted by Gasteiger charge is -2.13. The molecule has 4 N–H and O–H groups in total. The van der Waals surface area contributed by atoms with E-state index < -0.39 is 23.6 Å². The molecule has 10 nitrogen and oxygen atoms in total. The van der Waals surface area contributed by atoms with Crippen molar-refractivity contribution in [1.29, 1.82) is 0 Å². The molecule has 0 saturated heterocycles. The number of hydrogen-bond donors (Lipinski definition) is 4. The molecule has 0 spiro atoms. The minimum atomic E-state index is -1.26. The highest BCUT2D eigenvalue weighted by Crippen LogP contribution is 2.24. The lowest BCUT2D eigenvalue weighted by molar-refractivity contribution is -0.137. The maximum Gasteiger partial charge on any atom is 0.323 e. The van der Waals surface area contributed by atoms with Crippen molar-refractivity contribution in [1.82, 2.24) is 19.1 Å². The van der Waals surface area contributed by atoms with Gasteiger partial charge in [0, 0.05) is 12.4 Å². The summed E-state index contributed by atoms with van der Waals surface area (Å²) in [6, 6.07) is 2.86. The van der Waals surface area contributed by atoms with E-state index >= 15 is 0 Å². The van der Waals surface area contributed by atoms with Gasteiger partial charge in [0.2, 0.25) is 0 Å². The van der Waals surface area contributed by atoms with E-state index in [0.717, 1.165) is 4.57 Å². The van der Waals surface area contributed by atoms with E-state index in [1.807, 2.05) is 5.48 Å². The number of benzene rings is 1. The Morgan fingerprint density at radius 1 is 1.35 bits per heavy atom. The lowest BCUT2D eigenvalue weighted by Crippen LogP contribution is -2.37. The number of aliphatic carboxylic acids is 1. The average Bonchev–Trinajstić information content (AvgIpc) is 3.04. The van der Waals surface area contributed by atoms with Crippen molar-refractivity contribution in [3.05, 3.63) is 51.6 Å². The second-order valence-corrected chi connectivity index (χ2v) is 4.71. The van der Waals surface area contributed by atoms with Gasteiger partial charge < -0.3 is 14.7 Å². The van der Waals surface area contributed by atoms with Gasteiger partial charge in [0.1, 0.15) is 6.54 Å². The number of nitrogens with zero attached hydrogens (tertiary/aromatic N) is 3. The number of aromatic nitrogens is 4. The molecule has 2 heterocycles. The Kier molecular flexibility index (Phi) is 3.43. The van der Waals surface area contributed by atoms with Crippen LogP contribution in [0, 0.1) is 0 Å². The number of rotatable bonds is 4. The third-order valence-electron chi connectivity index (χ3n) is 3.29. The zero-order valence-corrected chi connectivity index (χ0v) is 11.6. The van der Waals surface area contributed by atoms with Gasteiger partial charge in [0.15, 0.2) is 0 Å². The van der Waals surface area contributed by atoms with Crippen LogP contribution in [0.4, 0.5) is 5.69 Å². The molecular weight excluding hydrogens is 306 g/mol. The van der Waals surface area contributed by atoms with E-state index in [1.54, 1.807) is 10.8 Å². The maximum atomic E-state index is 11.9. The fraction of sp³-hybridized carbons (Fsp3) is 0.0769. The topological polar surface area (TPSA) is 142 Å². The summed E-state index contributed by atoms with van der Waals surface area (Å²) < 4.78 is 2.41. The van der Waals surface area contributed by atoms with Gasteiger partial charge in [-0.15, -0.1) is 0 Å². The summed E-state index contributed by atoms with van der Waals surface area (Å²) in [6.45, 7) is -0.658. The number of hydrogen-bond acceptors (Lipinski definition) is 6. The maximum absolute atomic E-state index is 11.9. The van der Waals surface area contributed by atoms with Crippen LogP contribution in [0.5, 0.6) is 0 Å². The molecule has 0 bridgehead atoms. The summed E-state index contributed by atoms with van der Waals surface area (Å²) >= 11 is 0. The Bertz CT molecular complexity index is 1000. The second-order valence-electron chi connectivity index (χ2n) is 4.71. The van der Waals surface area contributed by atoms with Gasteiger partial charge in [-0.05, 0) is 12.1 Å². The van der Waals surface area contributed by atoms with Crippen LogP contribution >= 0.6 is 0 Å². The largest absolute Gasteiger partial charge is 0.480 e. The first-order valence-corrected chi connectivity index (χ1v) is 6.42. The lowest BCUT2D eigenvalue weighted by atomic mass is 10.2. The van der Waals surface area contributed by atoms with E-state index in [1.165, 1.54) is 24.7 Å². The molecule has 2 aromatic heterocycles. The summed E-state index contributed by atoms with van der Waals surface area (Å²) in [4.78, 5) is 40.8.